The van der Waals surface area contributed by atoms with Gasteiger partial charge in [0.15, 0.2) is 5.16 Å². The number of benzene rings is 1. The van der Waals surface area contributed by atoms with Crippen LogP contribution in [0.2, 0.25) is 0 Å². The van der Waals surface area contributed by atoms with Gasteiger partial charge in [0.1, 0.15) is 0 Å². The van der Waals surface area contributed by atoms with Crippen LogP contribution >= 0.6 is 11.8 Å². The molecule has 126 valence electrons. The van der Waals surface area contributed by atoms with E-state index in [1.54, 1.807) is 18.5 Å². The average molecular weight is 342 g/mol. The van der Waals surface area contributed by atoms with Crippen LogP contribution in [-0.2, 0) is 0 Å². The molecule has 0 radical (unpaired) electrons. The minimum Gasteiger partial charge on any atom is -0.324 e. The molecule has 1 aliphatic rings. The van der Waals surface area contributed by atoms with Gasteiger partial charge in [-0.05, 0) is 67.3 Å². The maximum Gasteiger partial charge on any atom is 0.321 e. The van der Waals surface area contributed by atoms with Crippen molar-refractivity contribution >= 4 is 23.5 Å². The van der Waals surface area contributed by atoms with Crippen molar-refractivity contribution in [1.29, 1.82) is 0 Å². The number of carbonyl (C=O) groups is 1. The quantitative estimate of drug-likeness (QED) is 0.849. The number of hydrogen-bond donors (Lipinski definition) is 1. The van der Waals surface area contributed by atoms with Crippen molar-refractivity contribution in [1.82, 2.24) is 14.9 Å². The minimum absolute atomic E-state index is 0.00329. The monoisotopic (exact) mass is 342 g/mol. The molecule has 0 unspecified atom stereocenters. The van der Waals surface area contributed by atoms with E-state index in [9.17, 15) is 4.79 Å². The molecular formula is C18H22N4OS. The molecule has 2 amide bonds. The molecule has 0 spiro atoms. The molecule has 2 heterocycles. The van der Waals surface area contributed by atoms with E-state index in [1.165, 1.54) is 18.2 Å². The Hall–Kier alpha value is -2.08. The zero-order valence-corrected chi connectivity index (χ0v) is 14.8. The Bertz CT molecular complexity index is 707. The number of aromatic nitrogens is 2. The van der Waals surface area contributed by atoms with Crippen molar-refractivity contribution in [3.8, 4) is 0 Å². The number of nitrogens with zero attached hydrogens (tertiary/aromatic N) is 3. The summed E-state index contributed by atoms with van der Waals surface area (Å²) in [6, 6.07) is 7.79. The Kier molecular flexibility index (Phi) is 5.35. The van der Waals surface area contributed by atoms with Crippen LogP contribution in [0.25, 0.3) is 0 Å². The van der Waals surface area contributed by atoms with Gasteiger partial charge in [0.2, 0.25) is 0 Å². The highest BCUT2D eigenvalue weighted by Crippen LogP contribution is 2.28. The Morgan fingerprint density at radius 3 is 2.83 bits per heavy atom. The fourth-order valence-electron chi connectivity index (χ4n) is 2.85. The summed E-state index contributed by atoms with van der Waals surface area (Å²) in [5.41, 5.74) is 1.89. The second kappa shape index (κ2) is 7.66. The topological polar surface area (TPSA) is 58.1 Å². The van der Waals surface area contributed by atoms with Gasteiger partial charge in [0, 0.05) is 36.1 Å². The van der Waals surface area contributed by atoms with Gasteiger partial charge in [-0.15, -0.1) is 0 Å². The van der Waals surface area contributed by atoms with Crippen molar-refractivity contribution < 1.29 is 4.79 Å². The van der Waals surface area contributed by atoms with Crippen LogP contribution in [0, 0.1) is 12.8 Å². The fraction of sp³-hybridized carbons (Fsp3) is 0.389. The van der Waals surface area contributed by atoms with E-state index < -0.39 is 0 Å². The van der Waals surface area contributed by atoms with E-state index in [0.717, 1.165) is 40.8 Å². The molecule has 3 rings (SSSR count). The van der Waals surface area contributed by atoms with Crippen LogP contribution in [0.5, 0.6) is 0 Å². The number of urea groups is 1. The number of piperidine rings is 1. The van der Waals surface area contributed by atoms with Gasteiger partial charge < -0.3 is 10.2 Å². The molecule has 5 nitrogen and oxygen atoms in total. The first kappa shape index (κ1) is 16.8. The number of carbonyl (C=O) groups excluding carboxylic acids is 1. The van der Waals surface area contributed by atoms with E-state index in [4.69, 9.17) is 0 Å². The molecule has 1 fully saturated rings. The zero-order valence-electron chi connectivity index (χ0n) is 14.0. The number of anilines is 1. The Labute approximate surface area is 146 Å². The fourth-order valence-corrected chi connectivity index (χ4v) is 3.66. The standard InChI is InChI=1S/C18H22N4OS/c1-13-5-3-10-22(12-13)18(23)21-16-7-6-15(11-14(16)2)24-17-19-8-4-9-20-17/h4,6-9,11,13H,3,5,10,12H2,1-2H3,(H,21,23)/t13-/m0/s1. The number of rotatable bonds is 3. The smallest absolute Gasteiger partial charge is 0.321 e. The molecule has 1 aromatic heterocycles. The van der Waals surface area contributed by atoms with Crippen LogP contribution in [0.4, 0.5) is 10.5 Å². The number of aryl methyl sites for hydroxylation is 1. The van der Waals surface area contributed by atoms with Crippen LogP contribution in [-0.4, -0.2) is 34.0 Å². The maximum absolute atomic E-state index is 12.4. The molecule has 1 atom stereocenters. The van der Waals surface area contributed by atoms with Gasteiger partial charge in [-0.2, -0.15) is 0 Å². The van der Waals surface area contributed by atoms with E-state index in [0.29, 0.717) is 5.92 Å². The first-order valence-electron chi connectivity index (χ1n) is 8.23. The Balaban J connectivity index is 1.65. The summed E-state index contributed by atoms with van der Waals surface area (Å²) in [7, 11) is 0. The van der Waals surface area contributed by atoms with Crippen molar-refractivity contribution in [2.24, 2.45) is 5.92 Å². The van der Waals surface area contributed by atoms with Crippen molar-refractivity contribution in [3.05, 3.63) is 42.2 Å². The highest BCUT2D eigenvalue weighted by molar-refractivity contribution is 7.99. The molecule has 1 N–H and O–H groups in total. The summed E-state index contributed by atoms with van der Waals surface area (Å²) in [5.74, 6) is 0.579. The lowest BCUT2D eigenvalue weighted by Crippen LogP contribution is -2.41. The average Bonchev–Trinajstić information content (AvgIpc) is 2.58. The largest absolute Gasteiger partial charge is 0.324 e. The number of amides is 2. The molecule has 6 heteroatoms. The second-order valence-electron chi connectivity index (χ2n) is 6.23. The minimum atomic E-state index is -0.00329. The van der Waals surface area contributed by atoms with E-state index in [-0.39, 0.29) is 6.03 Å². The molecule has 0 aliphatic carbocycles. The molecule has 24 heavy (non-hydrogen) atoms. The SMILES string of the molecule is Cc1cc(Sc2ncccn2)ccc1NC(=O)N1CCC[C@H](C)C1. The summed E-state index contributed by atoms with van der Waals surface area (Å²) < 4.78 is 0. The predicted molar refractivity (Wildman–Crippen MR) is 96.3 cm³/mol. The molecular weight excluding hydrogens is 320 g/mol. The summed E-state index contributed by atoms with van der Waals surface area (Å²) in [4.78, 5) is 23.8. The highest BCUT2D eigenvalue weighted by atomic mass is 32.2. The molecule has 0 bridgehead atoms. The van der Waals surface area contributed by atoms with Crippen molar-refractivity contribution in [2.45, 2.75) is 36.7 Å². The van der Waals surface area contributed by atoms with E-state index in [1.807, 2.05) is 24.0 Å². The third kappa shape index (κ3) is 4.26. The predicted octanol–water partition coefficient (Wildman–Crippen LogP) is 4.20. The van der Waals surface area contributed by atoms with Gasteiger partial charge in [-0.25, -0.2) is 14.8 Å². The van der Waals surface area contributed by atoms with E-state index >= 15 is 0 Å². The van der Waals surface area contributed by atoms with Crippen LogP contribution < -0.4 is 5.32 Å². The summed E-state index contributed by atoms with van der Waals surface area (Å²) in [5, 5.41) is 3.76. The number of nitrogens with one attached hydrogen (secondary N) is 1. The third-order valence-corrected chi connectivity index (χ3v) is 5.02. The number of likely N-dealkylation sites (tertiary alicyclic amines) is 1. The normalized spacial score (nSPS) is 17.6. The van der Waals surface area contributed by atoms with Crippen LogP contribution in [0.1, 0.15) is 25.3 Å². The third-order valence-electron chi connectivity index (χ3n) is 4.13. The first-order valence-corrected chi connectivity index (χ1v) is 9.05. The van der Waals surface area contributed by atoms with Gasteiger partial charge in [0.25, 0.3) is 0 Å². The second-order valence-corrected chi connectivity index (χ2v) is 7.27. The highest BCUT2D eigenvalue weighted by Gasteiger charge is 2.21. The van der Waals surface area contributed by atoms with Crippen LogP contribution in [0.15, 0.2) is 46.7 Å². The molecule has 0 saturated carbocycles. The summed E-state index contributed by atoms with van der Waals surface area (Å²) >= 11 is 1.51. The Morgan fingerprint density at radius 2 is 2.12 bits per heavy atom. The zero-order chi connectivity index (χ0) is 16.9. The van der Waals surface area contributed by atoms with E-state index in [2.05, 4.69) is 28.3 Å². The van der Waals surface area contributed by atoms with Gasteiger partial charge in [0.05, 0.1) is 0 Å². The molecule has 2 aromatic rings. The number of hydrogen-bond acceptors (Lipinski definition) is 4. The molecule has 1 aliphatic heterocycles. The molecule has 1 aromatic carbocycles. The van der Waals surface area contributed by atoms with Crippen molar-refractivity contribution in [3.63, 3.8) is 0 Å². The molecule has 1 saturated heterocycles. The van der Waals surface area contributed by atoms with Crippen molar-refractivity contribution in [2.75, 3.05) is 18.4 Å². The lowest BCUT2D eigenvalue weighted by molar-refractivity contribution is 0.182. The van der Waals surface area contributed by atoms with Gasteiger partial charge in [-0.1, -0.05) is 6.92 Å². The summed E-state index contributed by atoms with van der Waals surface area (Å²) in [6.45, 7) is 5.88. The summed E-state index contributed by atoms with van der Waals surface area (Å²) in [6.07, 6.45) is 5.75. The lowest BCUT2D eigenvalue weighted by atomic mass is 10.0. The van der Waals surface area contributed by atoms with Gasteiger partial charge >= 0.3 is 6.03 Å². The Morgan fingerprint density at radius 1 is 1.33 bits per heavy atom. The first-order chi connectivity index (χ1) is 11.6. The van der Waals surface area contributed by atoms with Crippen LogP contribution in [0.3, 0.4) is 0 Å². The van der Waals surface area contributed by atoms with Gasteiger partial charge in [-0.3, -0.25) is 0 Å². The maximum atomic E-state index is 12.4. The lowest BCUT2D eigenvalue weighted by Gasteiger charge is -2.31.